The van der Waals surface area contributed by atoms with Crippen LogP contribution in [-0.2, 0) is 25.5 Å². The summed E-state index contributed by atoms with van der Waals surface area (Å²) in [4.78, 5) is 0. The smallest absolute Gasteiger partial charge is 0.394 e. The zero-order chi connectivity index (χ0) is 12.2. The van der Waals surface area contributed by atoms with E-state index in [1.165, 1.54) is 0 Å². The average Bonchev–Trinajstić information content (AvgIpc) is 2.65. The SMILES string of the molecule is O=S(=O)(O)O[C@H](CO)[C@@H](O)C[S+]1CCCC1. The molecule has 0 spiro atoms. The van der Waals surface area contributed by atoms with Crippen molar-refractivity contribution in [1.29, 1.82) is 0 Å². The second-order valence-corrected chi connectivity index (χ2v) is 7.13. The number of rotatable bonds is 6. The van der Waals surface area contributed by atoms with Crippen molar-refractivity contribution in [3.05, 3.63) is 0 Å². The van der Waals surface area contributed by atoms with Gasteiger partial charge in [0.25, 0.3) is 0 Å². The maximum Gasteiger partial charge on any atom is 0.397 e. The molecule has 1 rings (SSSR count). The zero-order valence-electron chi connectivity index (χ0n) is 8.78. The highest BCUT2D eigenvalue weighted by molar-refractivity contribution is 7.97. The molecule has 0 aromatic rings. The van der Waals surface area contributed by atoms with Crippen LogP contribution in [0.3, 0.4) is 0 Å². The molecular weight excluding hydrogens is 256 g/mol. The fraction of sp³-hybridized carbons (Fsp3) is 1.00. The van der Waals surface area contributed by atoms with Gasteiger partial charge in [0.2, 0.25) is 0 Å². The molecule has 16 heavy (non-hydrogen) atoms. The lowest BCUT2D eigenvalue weighted by atomic mass is 10.2. The summed E-state index contributed by atoms with van der Waals surface area (Å²) in [5, 5.41) is 18.6. The Balaban J connectivity index is 2.45. The van der Waals surface area contributed by atoms with Crippen molar-refractivity contribution in [3.8, 4) is 0 Å². The molecule has 1 heterocycles. The molecule has 1 saturated heterocycles. The zero-order valence-corrected chi connectivity index (χ0v) is 10.4. The second kappa shape index (κ2) is 6.18. The Bertz CT molecular complexity index is 298. The van der Waals surface area contributed by atoms with Crippen LogP contribution in [0.5, 0.6) is 0 Å². The van der Waals surface area contributed by atoms with Crippen molar-refractivity contribution >= 4 is 21.3 Å². The van der Waals surface area contributed by atoms with Crippen molar-refractivity contribution in [1.82, 2.24) is 0 Å². The van der Waals surface area contributed by atoms with Crippen LogP contribution >= 0.6 is 0 Å². The maximum absolute atomic E-state index is 10.5. The summed E-state index contributed by atoms with van der Waals surface area (Å²) in [6.07, 6.45) is -0.0890. The van der Waals surface area contributed by atoms with Crippen LogP contribution < -0.4 is 0 Å². The van der Waals surface area contributed by atoms with E-state index in [1.807, 2.05) is 0 Å². The van der Waals surface area contributed by atoms with Crippen LogP contribution in [0.25, 0.3) is 0 Å². The highest BCUT2D eigenvalue weighted by Gasteiger charge is 2.33. The molecule has 96 valence electrons. The second-order valence-electron chi connectivity index (χ2n) is 3.71. The molecule has 1 fully saturated rings. The van der Waals surface area contributed by atoms with Gasteiger partial charge in [-0.05, 0) is 23.7 Å². The monoisotopic (exact) mass is 273 g/mol. The molecule has 0 amide bonds. The largest absolute Gasteiger partial charge is 0.397 e. The fourth-order valence-corrected chi connectivity index (χ4v) is 4.56. The van der Waals surface area contributed by atoms with Crippen molar-refractivity contribution in [3.63, 3.8) is 0 Å². The summed E-state index contributed by atoms with van der Waals surface area (Å²) in [6, 6.07) is 0. The molecule has 0 bridgehead atoms. The highest BCUT2D eigenvalue weighted by atomic mass is 32.3. The molecule has 0 saturated carbocycles. The van der Waals surface area contributed by atoms with Gasteiger partial charge >= 0.3 is 10.4 Å². The van der Waals surface area contributed by atoms with Crippen LogP contribution in [-0.4, -0.2) is 59.3 Å². The van der Waals surface area contributed by atoms with Gasteiger partial charge in [0.15, 0.2) is 0 Å². The molecule has 0 aromatic carbocycles. The lowest BCUT2D eigenvalue weighted by Gasteiger charge is -2.18. The normalized spacial score (nSPS) is 22.2. The minimum Gasteiger partial charge on any atom is -0.394 e. The molecule has 8 heteroatoms. The topological polar surface area (TPSA) is 104 Å². The quantitative estimate of drug-likeness (QED) is 0.421. The van der Waals surface area contributed by atoms with Crippen LogP contribution in [0.2, 0.25) is 0 Å². The van der Waals surface area contributed by atoms with Crippen molar-refractivity contribution in [2.24, 2.45) is 0 Å². The number of aliphatic hydroxyl groups excluding tert-OH is 2. The average molecular weight is 273 g/mol. The molecule has 0 aliphatic carbocycles. The van der Waals surface area contributed by atoms with Gasteiger partial charge in [-0.2, -0.15) is 8.42 Å². The molecule has 0 radical (unpaired) electrons. The summed E-state index contributed by atoms with van der Waals surface area (Å²) >= 11 is 0. The summed E-state index contributed by atoms with van der Waals surface area (Å²) in [6.45, 7) is -0.641. The Morgan fingerprint density at radius 1 is 1.31 bits per heavy atom. The van der Waals surface area contributed by atoms with E-state index in [4.69, 9.17) is 9.66 Å². The molecule has 0 aromatic heterocycles. The molecule has 2 atom stereocenters. The third-order valence-corrected chi connectivity index (χ3v) is 5.41. The molecular formula is C8H17O6S2+. The van der Waals surface area contributed by atoms with Crippen LogP contribution in [0, 0.1) is 0 Å². The fourth-order valence-electron chi connectivity index (χ4n) is 1.60. The number of aliphatic hydroxyl groups is 2. The first-order chi connectivity index (χ1) is 7.42. The third kappa shape index (κ3) is 4.98. The van der Waals surface area contributed by atoms with Crippen LogP contribution in [0.4, 0.5) is 0 Å². The Morgan fingerprint density at radius 3 is 2.31 bits per heavy atom. The Kier molecular flexibility index (Phi) is 5.48. The lowest BCUT2D eigenvalue weighted by molar-refractivity contribution is 0.0114. The van der Waals surface area contributed by atoms with E-state index in [0.717, 1.165) is 24.3 Å². The minimum absolute atomic E-state index is 0.0745. The molecule has 0 unspecified atom stereocenters. The lowest BCUT2D eigenvalue weighted by Crippen LogP contribution is -2.39. The maximum atomic E-state index is 10.5. The van der Waals surface area contributed by atoms with E-state index in [0.29, 0.717) is 5.75 Å². The van der Waals surface area contributed by atoms with Crippen LogP contribution in [0.15, 0.2) is 0 Å². The van der Waals surface area contributed by atoms with Gasteiger partial charge < -0.3 is 10.2 Å². The van der Waals surface area contributed by atoms with E-state index < -0.39 is 29.2 Å². The highest BCUT2D eigenvalue weighted by Crippen LogP contribution is 2.16. The third-order valence-electron chi connectivity index (χ3n) is 2.38. The van der Waals surface area contributed by atoms with Gasteiger partial charge in [-0.25, -0.2) is 4.18 Å². The number of hydrogen-bond donors (Lipinski definition) is 3. The van der Waals surface area contributed by atoms with Crippen molar-refractivity contribution < 1.29 is 27.4 Å². The van der Waals surface area contributed by atoms with E-state index in [1.54, 1.807) is 0 Å². The van der Waals surface area contributed by atoms with Crippen molar-refractivity contribution in [2.45, 2.75) is 25.0 Å². The molecule has 3 N–H and O–H groups in total. The molecule has 1 aliphatic heterocycles. The van der Waals surface area contributed by atoms with Gasteiger partial charge in [-0.15, -0.1) is 0 Å². The first-order valence-electron chi connectivity index (χ1n) is 5.01. The molecule has 1 aliphatic rings. The Morgan fingerprint density at radius 2 is 1.88 bits per heavy atom. The van der Waals surface area contributed by atoms with Gasteiger partial charge in [0.1, 0.15) is 29.5 Å². The Labute approximate surface area is 97.9 Å². The van der Waals surface area contributed by atoms with Gasteiger partial charge in [0, 0.05) is 0 Å². The van der Waals surface area contributed by atoms with Crippen LogP contribution in [0.1, 0.15) is 12.8 Å². The van der Waals surface area contributed by atoms with E-state index in [9.17, 15) is 13.5 Å². The van der Waals surface area contributed by atoms with Gasteiger partial charge in [-0.1, -0.05) is 0 Å². The van der Waals surface area contributed by atoms with E-state index in [2.05, 4.69) is 4.18 Å². The Hall–Kier alpha value is 0.140. The summed E-state index contributed by atoms with van der Waals surface area (Å²) in [5.74, 6) is 2.48. The van der Waals surface area contributed by atoms with E-state index >= 15 is 0 Å². The van der Waals surface area contributed by atoms with E-state index in [-0.39, 0.29) is 10.9 Å². The number of hydrogen-bond acceptors (Lipinski definition) is 5. The minimum atomic E-state index is -4.63. The summed E-state index contributed by atoms with van der Waals surface area (Å²) in [5.41, 5.74) is 0. The van der Waals surface area contributed by atoms with Gasteiger partial charge in [-0.3, -0.25) is 4.55 Å². The first-order valence-corrected chi connectivity index (χ1v) is 8.11. The first kappa shape index (κ1) is 14.2. The summed E-state index contributed by atoms with van der Waals surface area (Å²) in [7, 11) is -4.56. The summed E-state index contributed by atoms with van der Waals surface area (Å²) < 4.78 is 33.6. The molecule has 6 nitrogen and oxygen atoms in total. The van der Waals surface area contributed by atoms with Gasteiger partial charge in [0.05, 0.1) is 6.61 Å². The predicted octanol–water partition coefficient (Wildman–Crippen LogP) is -1.06. The standard InChI is InChI=1S/C8H16O6S2/c9-5-8(14-16(11,12)13)7(10)6-15-3-1-2-4-15/h7-10H,1-6H2/p+1/t7-,8+/m0/s1. The van der Waals surface area contributed by atoms with Crippen molar-refractivity contribution in [2.75, 3.05) is 23.9 Å². The predicted molar refractivity (Wildman–Crippen MR) is 60.7 cm³/mol.